The van der Waals surface area contributed by atoms with Crippen molar-refractivity contribution in [1.82, 2.24) is 0 Å². The van der Waals surface area contributed by atoms with Crippen LogP contribution in [0.2, 0.25) is 0 Å². The Morgan fingerprint density at radius 3 is 2.67 bits per heavy atom. The average Bonchev–Trinajstić information content (AvgIpc) is 1.80. The lowest BCUT2D eigenvalue weighted by Crippen LogP contribution is -1.78. The number of rotatable bonds is 5. The Bertz CT molecular complexity index is 72.1. The first-order valence-electron chi connectivity index (χ1n) is 3.73. The van der Waals surface area contributed by atoms with Gasteiger partial charge >= 0.3 is 0 Å². The van der Waals surface area contributed by atoms with Gasteiger partial charge < -0.3 is 0 Å². The van der Waals surface area contributed by atoms with E-state index in [1.807, 2.05) is 0 Å². The van der Waals surface area contributed by atoms with Crippen LogP contribution in [0.3, 0.4) is 0 Å². The molecule has 0 rings (SSSR count). The van der Waals surface area contributed by atoms with Crippen LogP contribution < -0.4 is 0 Å². The molecule has 9 heavy (non-hydrogen) atoms. The van der Waals surface area contributed by atoms with Crippen molar-refractivity contribution in [2.45, 2.75) is 39.5 Å². The van der Waals surface area contributed by atoms with Gasteiger partial charge in [-0.05, 0) is 26.2 Å². The third kappa shape index (κ3) is 7.74. The Morgan fingerprint density at radius 2 is 2.22 bits per heavy atom. The summed E-state index contributed by atoms with van der Waals surface area (Å²) in [6.07, 6.45) is 7.29. The van der Waals surface area contributed by atoms with Crippen molar-refractivity contribution in [3.8, 4) is 0 Å². The van der Waals surface area contributed by atoms with E-state index >= 15 is 0 Å². The molecule has 0 saturated heterocycles. The van der Waals surface area contributed by atoms with Crippen molar-refractivity contribution >= 4 is 0 Å². The minimum absolute atomic E-state index is 1.10. The minimum Gasteiger partial charge on any atom is -0.100 e. The third-order valence-electron chi connectivity index (χ3n) is 1.25. The zero-order valence-electron chi connectivity index (χ0n) is 6.61. The second-order valence-electron chi connectivity index (χ2n) is 2.59. The van der Waals surface area contributed by atoms with Crippen molar-refractivity contribution in [2.75, 3.05) is 0 Å². The van der Waals surface area contributed by atoms with Crippen LogP contribution in [0.1, 0.15) is 39.5 Å². The number of hydrogen-bond acceptors (Lipinski definition) is 0. The lowest BCUT2D eigenvalue weighted by Gasteiger charge is -1.96. The van der Waals surface area contributed by atoms with E-state index in [9.17, 15) is 0 Å². The van der Waals surface area contributed by atoms with Gasteiger partial charge in [-0.3, -0.25) is 0 Å². The molecule has 0 saturated carbocycles. The number of allylic oxidation sites excluding steroid dienone is 1. The van der Waals surface area contributed by atoms with Crippen LogP contribution in [-0.4, -0.2) is 0 Å². The van der Waals surface area contributed by atoms with Crippen LogP contribution >= 0.6 is 0 Å². The fraction of sp³-hybridized carbons (Fsp3) is 0.667. The van der Waals surface area contributed by atoms with Crippen molar-refractivity contribution in [3.63, 3.8) is 0 Å². The number of hydrogen-bond donors (Lipinski definition) is 0. The van der Waals surface area contributed by atoms with Crippen LogP contribution in [0.15, 0.2) is 12.2 Å². The molecule has 0 aliphatic rings. The van der Waals surface area contributed by atoms with Gasteiger partial charge in [0.2, 0.25) is 0 Å². The van der Waals surface area contributed by atoms with E-state index in [0.29, 0.717) is 0 Å². The van der Waals surface area contributed by atoms with Crippen LogP contribution in [0.5, 0.6) is 0 Å². The predicted molar refractivity (Wildman–Crippen MR) is 43.3 cm³/mol. The first-order valence-corrected chi connectivity index (χ1v) is 3.73. The molecule has 0 aliphatic carbocycles. The normalized spacial score (nSPS) is 9.56. The lowest BCUT2D eigenvalue weighted by atomic mass is 10.1. The fourth-order valence-corrected chi connectivity index (χ4v) is 0.697. The van der Waals surface area contributed by atoms with E-state index < -0.39 is 0 Å². The molecule has 0 unspecified atom stereocenters. The second kappa shape index (κ2) is 5.87. The van der Waals surface area contributed by atoms with Crippen LogP contribution in [-0.2, 0) is 0 Å². The molecule has 0 aromatic rings. The van der Waals surface area contributed by atoms with Crippen molar-refractivity contribution in [2.24, 2.45) is 0 Å². The smallest absolute Gasteiger partial charge is 0.0295 e. The van der Waals surface area contributed by atoms with E-state index in [2.05, 4.69) is 26.8 Å². The summed E-state index contributed by atoms with van der Waals surface area (Å²) in [5.41, 5.74) is 1.27. The molecular formula is C9H17. The Labute approximate surface area is 59.0 Å². The summed E-state index contributed by atoms with van der Waals surface area (Å²) in [6, 6.07) is 0. The summed E-state index contributed by atoms with van der Waals surface area (Å²) in [4.78, 5) is 0. The molecule has 0 nitrogen and oxygen atoms in total. The quantitative estimate of drug-likeness (QED) is 0.390. The Kier molecular flexibility index (Phi) is 5.70. The maximum atomic E-state index is 3.82. The van der Waals surface area contributed by atoms with Crippen molar-refractivity contribution in [3.05, 3.63) is 18.6 Å². The highest BCUT2D eigenvalue weighted by Gasteiger charge is 1.87. The Balaban J connectivity index is 2.83. The molecular weight excluding hydrogens is 108 g/mol. The maximum absolute atomic E-state index is 3.82. The summed E-state index contributed by atoms with van der Waals surface area (Å²) in [5.74, 6) is 0. The summed E-state index contributed by atoms with van der Waals surface area (Å²) in [7, 11) is 0. The Morgan fingerprint density at radius 1 is 1.56 bits per heavy atom. The lowest BCUT2D eigenvalue weighted by molar-refractivity contribution is 0.766. The number of unbranched alkanes of at least 4 members (excludes halogenated alkanes) is 3. The molecule has 0 spiro atoms. The monoisotopic (exact) mass is 125 g/mol. The highest BCUT2D eigenvalue weighted by atomic mass is 13.9. The molecule has 0 fully saturated rings. The minimum atomic E-state index is 1.10. The van der Waals surface area contributed by atoms with Gasteiger partial charge in [0, 0.05) is 0 Å². The maximum Gasteiger partial charge on any atom is -0.0295 e. The van der Waals surface area contributed by atoms with E-state index in [4.69, 9.17) is 0 Å². The summed E-state index contributed by atoms with van der Waals surface area (Å²) in [5, 5.41) is 0. The van der Waals surface area contributed by atoms with Gasteiger partial charge in [0.05, 0.1) is 0 Å². The standard InChI is InChI=1S/C9H17/c1-4-5-6-7-8-9(2)3/h7H,2,4-6,8H2,1,3H3. The summed E-state index contributed by atoms with van der Waals surface area (Å²) >= 11 is 0. The summed E-state index contributed by atoms with van der Waals surface area (Å²) < 4.78 is 0. The zero-order chi connectivity index (χ0) is 7.11. The molecule has 0 atom stereocenters. The predicted octanol–water partition coefficient (Wildman–Crippen LogP) is 3.35. The molecule has 0 aromatic heterocycles. The van der Waals surface area contributed by atoms with Gasteiger partial charge in [-0.1, -0.05) is 25.3 Å². The third-order valence-corrected chi connectivity index (χ3v) is 1.25. The second-order valence-corrected chi connectivity index (χ2v) is 2.59. The highest BCUT2D eigenvalue weighted by Crippen LogP contribution is 2.05. The first-order chi connectivity index (χ1) is 4.27. The van der Waals surface area contributed by atoms with Crippen molar-refractivity contribution < 1.29 is 0 Å². The Hall–Kier alpha value is -0.260. The highest BCUT2D eigenvalue weighted by molar-refractivity contribution is 4.93. The SMILES string of the molecule is C=C(C)C[CH]CCCC. The van der Waals surface area contributed by atoms with Gasteiger partial charge in [0.15, 0.2) is 0 Å². The van der Waals surface area contributed by atoms with Gasteiger partial charge in [0.25, 0.3) is 0 Å². The van der Waals surface area contributed by atoms with E-state index in [1.165, 1.54) is 24.8 Å². The van der Waals surface area contributed by atoms with Crippen LogP contribution in [0.25, 0.3) is 0 Å². The van der Waals surface area contributed by atoms with E-state index in [-0.39, 0.29) is 0 Å². The molecule has 0 N–H and O–H groups in total. The van der Waals surface area contributed by atoms with Gasteiger partial charge in [-0.15, -0.1) is 6.58 Å². The van der Waals surface area contributed by atoms with Crippen LogP contribution in [0.4, 0.5) is 0 Å². The van der Waals surface area contributed by atoms with Crippen molar-refractivity contribution in [1.29, 1.82) is 0 Å². The zero-order valence-corrected chi connectivity index (χ0v) is 6.61. The molecule has 1 radical (unpaired) electrons. The molecule has 0 aliphatic heterocycles. The molecule has 0 heterocycles. The van der Waals surface area contributed by atoms with Gasteiger partial charge in [-0.2, -0.15) is 0 Å². The first kappa shape index (κ1) is 8.74. The van der Waals surface area contributed by atoms with E-state index in [1.54, 1.807) is 0 Å². The fourth-order valence-electron chi connectivity index (χ4n) is 0.697. The molecule has 0 bridgehead atoms. The topological polar surface area (TPSA) is 0 Å². The molecule has 0 amide bonds. The molecule has 0 aromatic carbocycles. The van der Waals surface area contributed by atoms with Crippen LogP contribution in [0, 0.1) is 6.42 Å². The van der Waals surface area contributed by atoms with Gasteiger partial charge in [-0.25, -0.2) is 0 Å². The largest absolute Gasteiger partial charge is 0.100 e. The van der Waals surface area contributed by atoms with Gasteiger partial charge in [0.1, 0.15) is 0 Å². The molecule has 53 valence electrons. The summed E-state index contributed by atoms with van der Waals surface area (Å²) in [6.45, 7) is 8.11. The molecule has 0 heteroatoms. The average molecular weight is 125 g/mol. The van der Waals surface area contributed by atoms with E-state index in [0.717, 1.165) is 6.42 Å².